The summed E-state index contributed by atoms with van der Waals surface area (Å²) in [6, 6.07) is 18.3. The van der Waals surface area contributed by atoms with Gasteiger partial charge in [-0.15, -0.1) is 0 Å². The van der Waals surface area contributed by atoms with Gasteiger partial charge in [-0.1, -0.05) is 133 Å². The first-order chi connectivity index (χ1) is 34.5. The number of benzene rings is 8. The van der Waals surface area contributed by atoms with E-state index < -0.39 is 78.6 Å². The Labute approximate surface area is 347 Å². The third kappa shape index (κ3) is 4.94. The van der Waals surface area contributed by atoms with Gasteiger partial charge in [0, 0.05) is 38.1 Å². The summed E-state index contributed by atoms with van der Waals surface area (Å²) in [7, 11) is 0. The topological polar surface area (TPSA) is 69.9 Å². The van der Waals surface area contributed by atoms with E-state index in [1.165, 1.54) is 4.57 Å². The molecular weight excluding hydrogens is 701 g/mol. The number of para-hydroxylation sites is 1. The second kappa shape index (κ2) is 12.3. The number of hydrogen-bond acceptors (Lipinski definition) is 5. The zero-order valence-corrected chi connectivity index (χ0v) is 29.3. The molecule has 6 nitrogen and oxygen atoms in total. The molecule has 12 rings (SSSR count). The minimum Gasteiger partial charge on any atom is -0.456 e. The number of nitrogens with zero attached hydrogens (tertiary/aromatic N) is 4. The van der Waals surface area contributed by atoms with Crippen molar-refractivity contribution in [3.8, 4) is 51.0 Å². The minimum atomic E-state index is -0.605. The van der Waals surface area contributed by atoms with Crippen LogP contribution >= 0.6 is 0 Å². The van der Waals surface area contributed by atoms with Gasteiger partial charge in [-0.2, -0.15) is 9.97 Å². The second-order valence-electron chi connectivity index (χ2n) is 13.2. The molecular formula is C51H30N4O2. The molecule has 0 atom stereocenters. The van der Waals surface area contributed by atoms with Gasteiger partial charge in [0.2, 0.25) is 5.95 Å². The molecule has 0 aliphatic rings. The van der Waals surface area contributed by atoms with Crippen LogP contribution in [0.2, 0.25) is 0 Å². The molecule has 0 N–H and O–H groups in total. The Morgan fingerprint density at radius 1 is 0.421 bits per heavy atom. The van der Waals surface area contributed by atoms with Crippen LogP contribution in [0.4, 0.5) is 0 Å². The zero-order chi connectivity index (χ0) is 50.5. The van der Waals surface area contributed by atoms with Crippen molar-refractivity contribution in [3.63, 3.8) is 0 Å². The van der Waals surface area contributed by atoms with Gasteiger partial charge >= 0.3 is 0 Å². The smallest absolute Gasteiger partial charge is 0.238 e. The lowest BCUT2D eigenvalue weighted by Crippen LogP contribution is -2.06. The Morgan fingerprint density at radius 3 is 1.89 bits per heavy atom. The van der Waals surface area contributed by atoms with Crippen molar-refractivity contribution in [1.82, 2.24) is 19.5 Å². The Hall–Kier alpha value is -7.83. The number of furan rings is 2. The van der Waals surface area contributed by atoms with Gasteiger partial charge in [0.05, 0.1) is 37.0 Å². The van der Waals surface area contributed by atoms with Crippen molar-refractivity contribution in [2.75, 3.05) is 0 Å². The van der Waals surface area contributed by atoms with E-state index in [9.17, 15) is 11.0 Å². The van der Waals surface area contributed by atoms with E-state index in [1.54, 1.807) is 91.0 Å². The molecule has 6 heteroatoms. The summed E-state index contributed by atoms with van der Waals surface area (Å²) in [6.07, 6.45) is 0. The van der Waals surface area contributed by atoms with Crippen LogP contribution in [0.25, 0.3) is 117 Å². The molecule has 0 unspecified atom stereocenters. The van der Waals surface area contributed by atoms with Gasteiger partial charge in [-0.3, -0.25) is 4.57 Å². The molecule has 0 saturated carbocycles. The first-order valence-corrected chi connectivity index (χ1v) is 17.8. The van der Waals surface area contributed by atoms with Crippen molar-refractivity contribution >= 4 is 65.7 Å². The molecule has 4 aromatic heterocycles. The van der Waals surface area contributed by atoms with E-state index in [0.29, 0.717) is 16.7 Å². The summed E-state index contributed by atoms with van der Waals surface area (Å²) in [5.74, 6) is -0.806. The first kappa shape index (κ1) is 20.2. The molecule has 0 aliphatic carbocycles. The van der Waals surface area contributed by atoms with Gasteiger partial charge < -0.3 is 8.83 Å². The van der Waals surface area contributed by atoms with Crippen LogP contribution in [0.3, 0.4) is 0 Å². The van der Waals surface area contributed by atoms with Gasteiger partial charge in [-0.25, -0.2) is 4.98 Å². The lowest BCUT2D eigenvalue weighted by molar-refractivity contribution is 0.669. The number of hydrogen-bond donors (Lipinski definition) is 0. The van der Waals surface area contributed by atoms with Gasteiger partial charge in [0.15, 0.2) is 11.6 Å². The highest BCUT2D eigenvalue weighted by Crippen LogP contribution is 2.42. The average Bonchev–Trinajstić information content (AvgIpc) is 4.10. The minimum absolute atomic E-state index is 0.0320. The summed E-state index contributed by atoms with van der Waals surface area (Å²) < 4.78 is 152. The molecule has 0 radical (unpaired) electrons. The molecule has 0 aliphatic heterocycles. The van der Waals surface area contributed by atoms with Gasteiger partial charge in [0.25, 0.3) is 0 Å². The molecule has 12 aromatic rings. The summed E-state index contributed by atoms with van der Waals surface area (Å²) in [6.45, 7) is 0. The molecule has 57 heavy (non-hydrogen) atoms. The molecule has 0 spiro atoms. The number of rotatable bonds is 5. The third-order valence-electron chi connectivity index (χ3n) is 9.87. The Balaban J connectivity index is 1.25. The fourth-order valence-electron chi connectivity index (χ4n) is 7.29. The SMILES string of the molecule is [2H]c1c([2H])c(-c2ccccc2)c2c(oc3c([2H])c(-c4nc(-c5ccccc5)nc(-n5c6c([2H])c([2H])c(-c7ccccc7)c([2H])c6c6c7oc8c([2H])c([2H])c([2H])c([2H])c8c7c([2H])c([2H])c65)n4)c([2H])c([2H])c32)c1[2H]. The van der Waals surface area contributed by atoms with E-state index in [2.05, 4.69) is 0 Å². The largest absolute Gasteiger partial charge is 0.456 e. The highest BCUT2D eigenvalue weighted by molar-refractivity contribution is 6.24. The lowest BCUT2D eigenvalue weighted by Gasteiger charge is -2.11. The highest BCUT2D eigenvalue weighted by atomic mass is 16.3. The van der Waals surface area contributed by atoms with Crippen molar-refractivity contribution < 1.29 is 29.4 Å². The summed E-state index contributed by atoms with van der Waals surface area (Å²) >= 11 is 0. The third-order valence-corrected chi connectivity index (χ3v) is 9.87. The number of fused-ring (bicyclic) bond motifs is 10. The normalized spacial score (nSPS) is 15.5. The maximum absolute atomic E-state index is 9.86. The maximum Gasteiger partial charge on any atom is 0.238 e. The Bertz CT molecular complexity index is 4390. The van der Waals surface area contributed by atoms with Gasteiger partial charge in [0.1, 0.15) is 22.3 Å². The van der Waals surface area contributed by atoms with E-state index in [4.69, 9.17) is 33.4 Å². The molecule has 0 saturated heterocycles. The molecule has 0 amide bonds. The summed E-state index contributed by atoms with van der Waals surface area (Å²) in [4.78, 5) is 14.4. The fourth-order valence-corrected chi connectivity index (χ4v) is 7.29. The Morgan fingerprint density at radius 2 is 1.09 bits per heavy atom. The van der Waals surface area contributed by atoms with Crippen LogP contribution < -0.4 is 0 Å². The van der Waals surface area contributed by atoms with E-state index in [-0.39, 0.29) is 112 Å². The van der Waals surface area contributed by atoms with E-state index in [1.807, 2.05) is 0 Å². The standard InChI is InChI=1S/C51H30N4O2/c1-4-13-31(14-5-1)34-24-27-41-40(29-34)47-42(28-26-38-37-19-10-11-21-43(37)57-48(38)47)55(41)51-53-49(33-17-8-3-9-18-33)52-50(54-51)35-23-25-39-45(30-35)56-44-22-12-20-36(46(39)44)32-15-6-2-7-16-32/h1-30H/i10D,11D,12D,19D,20D,21D,22D,23D,24D,25D,26D,27D,28D,29D,30D. The van der Waals surface area contributed by atoms with Crippen molar-refractivity contribution in [1.29, 1.82) is 0 Å². The van der Waals surface area contributed by atoms with Crippen LogP contribution in [-0.4, -0.2) is 19.5 Å². The lowest BCUT2D eigenvalue weighted by atomic mass is 9.99. The monoisotopic (exact) mass is 745 g/mol. The quantitative estimate of drug-likeness (QED) is 0.175. The van der Waals surface area contributed by atoms with Crippen LogP contribution in [-0.2, 0) is 0 Å². The highest BCUT2D eigenvalue weighted by Gasteiger charge is 2.23. The molecule has 0 bridgehead atoms. The van der Waals surface area contributed by atoms with Crippen LogP contribution in [0, 0.1) is 0 Å². The number of aromatic nitrogens is 4. The van der Waals surface area contributed by atoms with Crippen molar-refractivity contribution in [3.05, 3.63) is 182 Å². The van der Waals surface area contributed by atoms with Crippen LogP contribution in [0.5, 0.6) is 0 Å². The van der Waals surface area contributed by atoms with Gasteiger partial charge in [-0.05, 0) is 70.6 Å². The predicted molar refractivity (Wildman–Crippen MR) is 230 cm³/mol. The van der Waals surface area contributed by atoms with E-state index >= 15 is 0 Å². The van der Waals surface area contributed by atoms with Crippen molar-refractivity contribution in [2.45, 2.75) is 0 Å². The van der Waals surface area contributed by atoms with Crippen LogP contribution in [0.1, 0.15) is 20.6 Å². The molecule has 0 fully saturated rings. The zero-order valence-electron chi connectivity index (χ0n) is 44.3. The predicted octanol–water partition coefficient (Wildman–Crippen LogP) is 13.4. The molecule has 4 heterocycles. The van der Waals surface area contributed by atoms with Crippen molar-refractivity contribution in [2.24, 2.45) is 0 Å². The van der Waals surface area contributed by atoms with E-state index in [0.717, 1.165) is 0 Å². The summed E-state index contributed by atoms with van der Waals surface area (Å²) in [5.41, 5.74) is -0.210. The summed E-state index contributed by atoms with van der Waals surface area (Å²) in [5, 5.41) is -0.408. The first-order valence-electron chi connectivity index (χ1n) is 25.3. The Kier molecular flexibility index (Phi) is 4.37. The fraction of sp³-hybridized carbons (Fsp3) is 0. The van der Waals surface area contributed by atoms with Crippen LogP contribution in [0.15, 0.2) is 190 Å². The molecule has 266 valence electrons. The maximum atomic E-state index is 9.86. The second-order valence-corrected chi connectivity index (χ2v) is 13.2. The molecule has 8 aromatic carbocycles. The average molecular weight is 746 g/mol.